The van der Waals surface area contributed by atoms with Crippen molar-refractivity contribution >= 4 is 5.91 Å². The molecule has 0 atom stereocenters. The molecule has 0 radical (unpaired) electrons. The Bertz CT molecular complexity index is 572. The van der Waals surface area contributed by atoms with Gasteiger partial charge in [-0.25, -0.2) is 0 Å². The van der Waals surface area contributed by atoms with E-state index in [1.54, 1.807) is 4.68 Å². The number of aryl methyl sites for hydroxylation is 3. The molecule has 1 aromatic carbocycles. The third kappa shape index (κ3) is 2.77. The van der Waals surface area contributed by atoms with Crippen LogP contribution >= 0.6 is 0 Å². The average molecular weight is 243 g/mol. The van der Waals surface area contributed by atoms with Gasteiger partial charge in [-0.15, -0.1) is 0 Å². The monoisotopic (exact) mass is 243 g/mol. The number of hydrogen-bond donors (Lipinski definition) is 1. The lowest BCUT2D eigenvalue weighted by Gasteiger charge is -2.05. The summed E-state index contributed by atoms with van der Waals surface area (Å²) in [6, 6.07) is 8.08. The number of aromatic nitrogens is 2. The average Bonchev–Trinajstić information content (AvgIpc) is 2.66. The number of carbonyl (C=O) groups is 1. The van der Waals surface area contributed by atoms with E-state index in [1.165, 1.54) is 5.56 Å². The molecule has 0 spiro atoms. The van der Waals surface area contributed by atoms with Gasteiger partial charge in [0, 0.05) is 25.4 Å². The third-order valence-electron chi connectivity index (χ3n) is 2.76. The molecule has 1 aromatic heterocycles. The molecule has 0 aliphatic heterocycles. The van der Waals surface area contributed by atoms with Crippen molar-refractivity contribution < 1.29 is 4.79 Å². The van der Waals surface area contributed by atoms with Gasteiger partial charge >= 0.3 is 0 Å². The molecule has 2 rings (SSSR count). The van der Waals surface area contributed by atoms with Crippen LogP contribution in [0.4, 0.5) is 0 Å². The van der Waals surface area contributed by atoms with Crippen molar-refractivity contribution in [2.45, 2.75) is 20.4 Å². The highest BCUT2D eigenvalue weighted by Gasteiger charge is 2.12. The fourth-order valence-electron chi connectivity index (χ4n) is 1.92. The first kappa shape index (κ1) is 12.4. The molecule has 4 heteroatoms. The van der Waals surface area contributed by atoms with Crippen LogP contribution in [0.25, 0.3) is 0 Å². The zero-order valence-electron chi connectivity index (χ0n) is 10.9. The highest BCUT2D eigenvalue weighted by atomic mass is 16.1. The first-order valence-electron chi connectivity index (χ1n) is 5.90. The van der Waals surface area contributed by atoms with E-state index in [0.717, 1.165) is 11.1 Å². The summed E-state index contributed by atoms with van der Waals surface area (Å²) in [5.74, 6) is -0.130. The topological polar surface area (TPSA) is 46.9 Å². The molecule has 0 fully saturated rings. The second-order valence-electron chi connectivity index (χ2n) is 4.51. The lowest BCUT2D eigenvalue weighted by molar-refractivity contribution is 0.0944. The molecule has 1 heterocycles. The van der Waals surface area contributed by atoms with Gasteiger partial charge in [0.2, 0.25) is 0 Å². The van der Waals surface area contributed by atoms with Crippen LogP contribution in [-0.2, 0) is 13.6 Å². The van der Waals surface area contributed by atoms with Gasteiger partial charge in [0.1, 0.15) is 0 Å². The first-order valence-corrected chi connectivity index (χ1v) is 5.90. The number of nitrogens with zero attached hydrogens (tertiary/aromatic N) is 2. The van der Waals surface area contributed by atoms with Gasteiger partial charge in [-0.2, -0.15) is 5.10 Å². The van der Waals surface area contributed by atoms with Crippen molar-refractivity contribution in [1.29, 1.82) is 0 Å². The van der Waals surface area contributed by atoms with E-state index < -0.39 is 0 Å². The second kappa shape index (κ2) is 5.04. The molecule has 0 saturated carbocycles. The Hall–Kier alpha value is -2.10. The van der Waals surface area contributed by atoms with Crippen molar-refractivity contribution in [3.8, 4) is 0 Å². The molecular weight excluding hydrogens is 226 g/mol. The van der Waals surface area contributed by atoms with E-state index in [2.05, 4.69) is 16.5 Å². The molecule has 0 bridgehead atoms. The summed E-state index contributed by atoms with van der Waals surface area (Å²) in [5, 5.41) is 7.03. The van der Waals surface area contributed by atoms with Gasteiger partial charge in [-0.3, -0.25) is 9.48 Å². The summed E-state index contributed by atoms with van der Waals surface area (Å²) < 4.78 is 1.65. The maximum absolute atomic E-state index is 12.0. The Morgan fingerprint density at radius 2 is 2.17 bits per heavy atom. The minimum atomic E-state index is -0.130. The molecule has 0 saturated heterocycles. The fourth-order valence-corrected chi connectivity index (χ4v) is 1.92. The SMILES string of the molecule is Cc1cccc(CNC(=O)c2nn(C)cc2C)c1. The maximum atomic E-state index is 12.0. The zero-order valence-corrected chi connectivity index (χ0v) is 10.9. The standard InChI is InChI=1S/C14H17N3O/c1-10-5-4-6-12(7-10)8-15-14(18)13-11(2)9-17(3)16-13/h4-7,9H,8H2,1-3H3,(H,15,18). The lowest BCUT2D eigenvalue weighted by Crippen LogP contribution is -2.24. The van der Waals surface area contributed by atoms with Gasteiger partial charge in [-0.05, 0) is 19.4 Å². The quantitative estimate of drug-likeness (QED) is 0.895. The van der Waals surface area contributed by atoms with Crippen LogP contribution in [0.3, 0.4) is 0 Å². The van der Waals surface area contributed by atoms with Gasteiger partial charge in [0.25, 0.3) is 5.91 Å². The minimum absolute atomic E-state index is 0.130. The number of benzene rings is 1. The van der Waals surface area contributed by atoms with E-state index in [-0.39, 0.29) is 5.91 Å². The van der Waals surface area contributed by atoms with E-state index in [9.17, 15) is 4.79 Å². The highest BCUT2D eigenvalue weighted by Crippen LogP contribution is 2.06. The van der Waals surface area contributed by atoms with Gasteiger partial charge < -0.3 is 5.32 Å². The first-order chi connectivity index (χ1) is 8.56. The zero-order chi connectivity index (χ0) is 13.1. The molecule has 18 heavy (non-hydrogen) atoms. The molecule has 0 aliphatic rings. The summed E-state index contributed by atoms with van der Waals surface area (Å²) >= 11 is 0. The largest absolute Gasteiger partial charge is 0.347 e. The fraction of sp³-hybridized carbons (Fsp3) is 0.286. The number of rotatable bonds is 3. The summed E-state index contributed by atoms with van der Waals surface area (Å²) in [7, 11) is 1.81. The normalized spacial score (nSPS) is 10.4. The summed E-state index contributed by atoms with van der Waals surface area (Å²) in [4.78, 5) is 12.0. The van der Waals surface area contributed by atoms with Gasteiger partial charge in [-0.1, -0.05) is 29.8 Å². The van der Waals surface area contributed by atoms with Crippen LogP contribution < -0.4 is 5.32 Å². The van der Waals surface area contributed by atoms with Gasteiger partial charge in [0.05, 0.1) is 0 Å². The van der Waals surface area contributed by atoms with Crippen LogP contribution in [0.15, 0.2) is 30.5 Å². The van der Waals surface area contributed by atoms with E-state index >= 15 is 0 Å². The number of nitrogens with one attached hydrogen (secondary N) is 1. The maximum Gasteiger partial charge on any atom is 0.272 e. The van der Waals surface area contributed by atoms with Crippen LogP contribution in [0.5, 0.6) is 0 Å². The molecule has 0 unspecified atom stereocenters. The van der Waals surface area contributed by atoms with Crippen molar-refractivity contribution in [2.75, 3.05) is 0 Å². The van der Waals surface area contributed by atoms with E-state index in [4.69, 9.17) is 0 Å². The smallest absolute Gasteiger partial charge is 0.272 e. The number of hydrogen-bond acceptors (Lipinski definition) is 2. The number of amides is 1. The van der Waals surface area contributed by atoms with Crippen LogP contribution in [0.1, 0.15) is 27.2 Å². The Kier molecular flexibility index (Phi) is 3.46. The van der Waals surface area contributed by atoms with Crippen LogP contribution in [0.2, 0.25) is 0 Å². The minimum Gasteiger partial charge on any atom is -0.347 e. The Morgan fingerprint density at radius 3 is 2.78 bits per heavy atom. The molecule has 1 N–H and O–H groups in total. The Balaban J connectivity index is 2.03. The second-order valence-corrected chi connectivity index (χ2v) is 4.51. The van der Waals surface area contributed by atoms with E-state index in [0.29, 0.717) is 12.2 Å². The van der Waals surface area contributed by atoms with E-state index in [1.807, 2.05) is 45.3 Å². The molecule has 94 valence electrons. The van der Waals surface area contributed by atoms with Crippen LogP contribution in [-0.4, -0.2) is 15.7 Å². The molecule has 1 amide bonds. The predicted molar refractivity (Wildman–Crippen MR) is 70.3 cm³/mol. The van der Waals surface area contributed by atoms with Crippen molar-refractivity contribution in [2.24, 2.45) is 7.05 Å². The molecule has 4 nitrogen and oxygen atoms in total. The molecular formula is C14H17N3O. The predicted octanol–water partition coefficient (Wildman–Crippen LogP) is 1.97. The molecule has 0 aliphatic carbocycles. The number of carbonyl (C=O) groups excluding carboxylic acids is 1. The highest BCUT2D eigenvalue weighted by molar-refractivity contribution is 5.93. The third-order valence-corrected chi connectivity index (χ3v) is 2.76. The summed E-state index contributed by atoms with van der Waals surface area (Å²) in [5.41, 5.74) is 3.66. The van der Waals surface area contributed by atoms with Gasteiger partial charge in [0.15, 0.2) is 5.69 Å². The van der Waals surface area contributed by atoms with Crippen molar-refractivity contribution in [3.63, 3.8) is 0 Å². The molecule has 2 aromatic rings. The van der Waals surface area contributed by atoms with Crippen LogP contribution in [0, 0.1) is 13.8 Å². The van der Waals surface area contributed by atoms with Crippen molar-refractivity contribution in [1.82, 2.24) is 15.1 Å². The Labute approximate surface area is 107 Å². The van der Waals surface area contributed by atoms with Crippen molar-refractivity contribution in [3.05, 3.63) is 52.8 Å². The summed E-state index contributed by atoms with van der Waals surface area (Å²) in [6.07, 6.45) is 1.83. The Morgan fingerprint density at radius 1 is 1.39 bits per heavy atom. The lowest BCUT2D eigenvalue weighted by atomic mass is 10.1. The summed E-state index contributed by atoms with van der Waals surface area (Å²) in [6.45, 7) is 4.44.